The molecule has 2 aromatic rings. The number of carbonyl (C=O) groups is 1. The molecule has 7 heteroatoms. The number of piperazine rings is 1. The number of anilines is 1. The van der Waals surface area contributed by atoms with Crippen LogP contribution in [0.4, 0.5) is 10.2 Å². The van der Waals surface area contributed by atoms with Gasteiger partial charge in [-0.1, -0.05) is 26.0 Å². The van der Waals surface area contributed by atoms with E-state index in [1.807, 2.05) is 26.8 Å². The normalized spacial score (nSPS) is 17.1. The summed E-state index contributed by atoms with van der Waals surface area (Å²) in [5, 5.41) is 3.05. The monoisotopic (exact) mass is 413 g/mol. The number of hydrogen-bond donors (Lipinski definition) is 1. The fourth-order valence-corrected chi connectivity index (χ4v) is 3.67. The second kappa shape index (κ2) is 9.51. The number of aromatic nitrogens is 2. The molecule has 2 heterocycles. The van der Waals surface area contributed by atoms with Crippen LogP contribution >= 0.6 is 0 Å². The van der Waals surface area contributed by atoms with Gasteiger partial charge >= 0.3 is 0 Å². The Hall–Kier alpha value is -2.54. The van der Waals surface area contributed by atoms with Crippen LogP contribution in [-0.2, 0) is 4.79 Å². The van der Waals surface area contributed by atoms with Crippen molar-refractivity contribution >= 4 is 11.7 Å². The van der Waals surface area contributed by atoms with Crippen molar-refractivity contribution in [2.45, 2.75) is 52.6 Å². The van der Waals surface area contributed by atoms with Gasteiger partial charge in [0.15, 0.2) is 0 Å². The third-order valence-corrected chi connectivity index (χ3v) is 5.67. The molecule has 2 atom stereocenters. The van der Waals surface area contributed by atoms with E-state index in [0.29, 0.717) is 0 Å². The maximum Gasteiger partial charge on any atom is 0.237 e. The summed E-state index contributed by atoms with van der Waals surface area (Å²) in [6, 6.07) is 7.88. The molecule has 1 saturated heterocycles. The van der Waals surface area contributed by atoms with Crippen LogP contribution in [0.2, 0.25) is 0 Å². The van der Waals surface area contributed by atoms with Crippen LogP contribution in [0.25, 0.3) is 0 Å². The fraction of sp³-hybridized carbons (Fsp3) is 0.522. The van der Waals surface area contributed by atoms with Crippen LogP contribution in [0.5, 0.6) is 0 Å². The van der Waals surface area contributed by atoms with Crippen molar-refractivity contribution in [2.75, 3.05) is 31.1 Å². The van der Waals surface area contributed by atoms with Crippen molar-refractivity contribution in [3.05, 3.63) is 53.2 Å². The zero-order chi connectivity index (χ0) is 21.8. The molecule has 3 rings (SSSR count). The third kappa shape index (κ3) is 5.33. The number of benzene rings is 1. The van der Waals surface area contributed by atoms with Crippen molar-refractivity contribution in [3.63, 3.8) is 0 Å². The molecule has 162 valence electrons. The molecule has 0 bridgehead atoms. The molecule has 30 heavy (non-hydrogen) atoms. The number of nitrogens with zero attached hydrogens (tertiary/aromatic N) is 4. The van der Waals surface area contributed by atoms with Gasteiger partial charge < -0.3 is 10.2 Å². The van der Waals surface area contributed by atoms with Gasteiger partial charge in [-0.2, -0.15) is 0 Å². The van der Waals surface area contributed by atoms with E-state index in [1.54, 1.807) is 12.1 Å². The Balaban J connectivity index is 1.56. The summed E-state index contributed by atoms with van der Waals surface area (Å²) in [4.78, 5) is 26.5. The largest absolute Gasteiger partial charge is 0.354 e. The Morgan fingerprint density at radius 2 is 1.67 bits per heavy atom. The lowest BCUT2D eigenvalue weighted by Gasteiger charge is -2.38. The molecule has 0 aliphatic carbocycles. The predicted octanol–water partition coefficient (Wildman–Crippen LogP) is 3.44. The van der Waals surface area contributed by atoms with Gasteiger partial charge in [0.05, 0.1) is 12.1 Å². The van der Waals surface area contributed by atoms with Gasteiger partial charge in [0.2, 0.25) is 5.91 Å². The van der Waals surface area contributed by atoms with Crippen LogP contribution in [0.3, 0.4) is 0 Å². The first-order valence-corrected chi connectivity index (χ1v) is 10.6. The highest BCUT2D eigenvalue weighted by Gasteiger charge is 2.27. The SMILES string of the molecule is Cc1cc(N2CCN([C@@H](C)C(=O)N[C@H](C)c3ccc(F)cc3)CC2)nc(C(C)C)n1. The molecular weight excluding hydrogens is 381 g/mol. The first kappa shape index (κ1) is 22.2. The number of hydrogen-bond acceptors (Lipinski definition) is 5. The fourth-order valence-electron chi connectivity index (χ4n) is 3.67. The topological polar surface area (TPSA) is 61.4 Å². The third-order valence-electron chi connectivity index (χ3n) is 5.67. The van der Waals surface area contributed by atoms with E-state index in [4.69, 9.17) is 4.98 Å². The maximum absolute atomic E-state index is 13.1. The molecule has 0 saturated carbocycles. The van der Waals surface area contributed by atoms with Gasteiger partial charge in [-0.3, -0.25) is 9.69 Å². The van der Waals surface area contributed by atoms with E-state index in [2.05, 4.69) is 33.9 Å². The quantitative estimate of drug-likeness (QED) is 0.786. The minimum Gasteiger partial charge on any atom is -0.354 e. The van der Waals surface area contributed by atoms with Crippen LogP contribution in [0, 0.1) is 12.7 Å². The van der Waals surface area contributed by atoms with Gasteiger partial charge in [-0.25, -0.2) is 14.4 Å². The number of amides is 1. The van der Waals surface area contributed by atoms with E-state index in [0.717, 1.165) is 49.1 Å². The van der Waals surface area contributed by atoms with Gasteiger partial charge in [0.25, 0.3) is 0 Å². The van der Waals surface area contributed by atoms with E-state index in [9.17, 15) is 9.18 Å². The molecule has 1 aliphatic heterocycles. The van der Waals surface area contributed by atoms with Crippen molar-refractivity contribution in [1.29, 1.82) is 0 Å². The second-order valence-corrected chi connectivity index (χ2v) is 8.36. The van der Waals surface area contributed by atoms with Crippen molar-refractivity contribution in [2.24, 2.45) is 0 Å². The van der Waals surface area contributed by atoms with Crippen LogP contribution in [-0.4, -0.2) is 53.0 Å². The zero-order valence-electron chi connectivity index (χ0n) is 18.5. The Labute approximate surface area is 178 Å². The number of nitrogens with one attached hydrogen (secondary N) is 1. The van der Waals surface area contributed by atoms with Gasteiger partial charge in [0.1, 0.15) is 17.5 Å². The summed E-state index contributed by atoms with van der Waals surface area (Å²) < 4.78 is 13.1. The summed E-state index contributed by atoms with van der Waals surface area (Å²) in [6.45, 7) is 13.3. The lowest BCUT2D eigenvalue weighted by molar-refractivity contribution is -0.126. The van der Waals surface area contributed by atoms with Crippen molar-refractivity contribution in [1.82, 2.24) is 20.2 Å². The molecule has 1 aliphatic rings. The average molecular weight is 414 g/mol. The first-order valence-electron chi connectivity index (χ1n) is 10.6. The van der Waals surface area contributed by atoms with Crippen LogP contribution in [0.1, 0.15) is 56.7 Å². The predicted molar refractivity (Wildman–Crippen MR) is 117 cm³/mol. The van der Waals surface area contributed by atoms with Gasteiger partial charge in [-0.05, 0) is 38.5 Å². The molecule has 6 nitrogen and oxygen atoms in total. The van der Waals surface area contributed by atoms with E-state index < -0.39 is 0 Å². The van der Waals surface area contributed by atoms with E-state index >= 15 is 0 Å². The molecule has 1 aromatic carbocycles. The highest BCUT2D eigenvalue weighted by Crippen LogP contribution is 2.20. The lowest BCUT2D eigenvalue weighted by atomic mass is 10.1. The smallest absolute Gasteiger partial charge is 0.237 e. The molecule has 1 amide bonds. The Morgan fingerprint density at radius 3 is 2.27 bits per heavy atom. The van der Waals surface area contributed by atoms with Crippen LogP contribution < -0.4 is 10.2 Å². The van der Waals surface area contributed by atoms with Gasteiger partial charge in [0, 0.05) is 43.9 Å². The van der Waals surface area contributed by atoms with E-state index in [1.165, 1.54) is 12.1 Å². The summed E-state index contributed by atoms with van der Waals surface area (Å²) in [6.07, 6.45) is 0. The van der Waals surface area contributed by atoms with E-state index in [-0.39, 0.29) is 29.7 Å². The minimum absolute atomic E-state index is 0.0137. The molecule has 1 fully saturated rings. The highest BCUT2D eigenvalue weighted by atomic mass is 19.1. The van der Waals surface area contributed by atoms with Crippen molar-refractivity contribution < 1.29 is 9.18 Å². The Morgan fingerprint density at radius 1 is 1.03 bits per heavy atom. The molecule has 1 aromatic heterocycles. The van der Waals surface area contributed by atoms with Crippen molar-refractivity contribution in [3.8, 4) is 0 Å². The molecule has 0 radical (unpaired) electrons. The average Bonchev–Trinajstić information content (AvgIpc) is 2.73. The molecule has 1 N–H and O–H groups in total. The standard InChI is InChI=1S/C23H32FN5O/c1-15(2)22-25-16(3)14-21(27-22)29-12-10-28(11-13-29)18(5)23(30)26-17(4)19-6-8-20(24)9-7-19/h6-9,14-15,17-18H,10-13H2,1-5H3,(H,26,30)/t17-,18+/m1/s1. The molecular formula is C23H32FN5O. The highest BCUT2D eigenvalue weighted by molar-refractivity contribution is 5.81. The number of rotatable bonds is 6. The summed E-state index contributed by atoms with van der Waals surface area (Å²) in [5.74, 6) is 1.84. The van der Waals surface area contributed by atoms with Gasteiger partial charge in [-0.15, -0.1) is 0 Å². The molecule has 0 unspecified atom stereocenters. The second-order valence-electron chi connectivity index (χ2n) is 8.36. The Bertz CT molecular complexity index is 862. The summed E-state index contributed by atoms with van der Waals surface area (Å²) in [5.41, 5.74) is 1.87. The zero-order valence-corrected chi connectivity index (χ0v) is 18.5. The number of carbonyl (C=O) groups excluding carboxylic acids is 1. The summed E-state index contributed by atoms with van der Waals surface area (Å²) in [7, 11) is 0. The minimum atomic E-state index is -0.275. The van der Waals surface area contributed by atoms with Crippen LogP contribution in [0.15, 0.2) is 30.3 Å². The maximum atomic E-state index is 13.1. The number of aryl methyl sites for hydroxylation is 1. The summed E-state index contributed by atoms with van der Waals surface area (Å²) >= 11 is 0. The molecule has 0 spiro atoms. The first-order chi connectivity index (χ1) is 14.2. The number of halogens is 1. The lowest BCUT2D eigenvalue weighted by Crippen LogP contribution is -2.54. The Kier molecular flexibility index (Phi) is 7.02.